The van der Waals surface area contributed by atoms with E-state index in [-0.39, 0.29) is 12.1 Å². The fourth-order valence-corrected chi connectivity index (χ4v) is 1.11. The molecular weight excluding hydrogens is 193 g/mol. The van der Waals surface area contributed by atoms with E-state index in [9.17, 15) is 9.18 Å². The van der Waals surface area contributed by atoms with E-state index in [2.05, 4.69) is 17.2 Å². The molecule has 0 aromatic heterocycles. The smallest absolute Gasteiger partial charge is 0.255 e. The zero-order chi connectivity index (χ0) is 11.3. The molecule has 0 fully saturated rings. The highest BCUT2D eigenvalue weighted by Gasteiger charge is 2.09. The fourth-order valence-electron chi connectivity index (χ4n) is 1.11. The Morgan fingerprint density at radius 3 is 2.87 bits per heavy atom. The maximum Gasteiger partial charge on any atom is 0.255 e. The minimum Gasteiger partial charge on any atom is -0.341 e. The first-order valence-electron chi connectivity index (χ1n) is 4.59. The van der Waals surface area contributed by atoms with Crippen LogP contribution < -0.4 is 5.32 Å². The van der Waals surface area contributed by atoms with Crippen molar-refractivity contribution in [3.63, 3.8) is 0 Å². The number of benzene rings is 1. The van der Waals surface area contributed by atoms with Gasteiger partial charge in [0, 0.05) is 0 Å². The Labute approximate surface area is 88.5 Å². The van der Waals surface area contributed by atoms with Crippen molar-refractivity contribution < 1.29 is 9.18 Å². The van der Waals surface area contributed by atoms with E-state index in [1.54, 1.807) is 19.9 Å². The highest BCUT2D eigenvalue weighted by atomic mass is 19.1. The van der Waals surface area contributed by atoms with Gasteiger partial charge in [0.15, 0.2) is 0 Å². The van der Waals surface area contributed by atoms with Gasteiger partial charge >= 0.3 is 0 Å². The summed E-state index contributed by atoms with van der Waals surface area (Å²) in [6.07, 6.45) is 0. The van der Waals surface area contributed by atoms with E-state index in [0.29, 0.717) is 0 Å². The summed E-state index contributed by atoms with van der Waals surface area (Å²) in [6.45, 7) is 3.69. The lowest BCUT2D eigenvalue weighted by atomic mass is 10.1. The van der Waals surface area contributed by atoms with Crippen molar-refractivity contribution in [1.82, 2.24) is 5.32 Å². The van der Waals surface area contributed by atoms with Gasteiger partial charge in [0.05, 0.1) is 12.1 Å². The summed E-state index contributed by atoms with van der Waals surface area (Å²) >= 11 is 0. The summed E-state index contributed by atoms with van der Waals surface area (Å²) in [5.41, 5.74) is 0.843. The van der Waals surface area contributed by atoms with Crippen molar-refractivity contribution in [2.45, 2.75) is 13.8 Å². The predicted octanol–water partition coefficient (Wildman–Crippen LogP) is 1.89. The van der Waals surface area contributed by atoms with Crippen LogP contribution in [0.4, 0.5) is 4.39 Å². The second-order valence-corrected chi connectivity index (χ2v) is 3.09. The van der Waals surface area contributed by atoms with Gasteiger partial charge in [0.1, 0.15) is 5.82 Å². The van der Waals surface area contributed by atoms with Crippen LogP contribution in [-0.2, 0) is 0 Å². The molecule has 0 bridgehead atoms. The van der Waals surface area contributed by atoms with Crippen molar-refractivity contribution in [3.05, 3.63) is 35.1 Å². The quantitative estimate of drug-likeness (QED) is 0.734. The van der Waals surface area contributed by atoms with Gasteiger partial charge in [-0.25, -0.2) is 4.39 Å². The second-order valence-electron chi connectivity index (χ2n) is 3.09. The number of carbonyl (C=O) groups excluding carboxylic acids is 1. The largest absolute Gasteiger partial charge is 0.341 e. The summed E-state index contributed by atoms with van der Waals surface area (Å²) in [7, 11) is 0. The number of amides is 1. The normalized spacial score (nSPS) is 9.00. The maximum atomic E-state index is 13.3. The molecule has 15 heavy (non-hydrogen) atoms. The van der Waals surface area contributed by atoms with Crippen LogP contribution in [0.3, 0.4) is 0 Å². The highest BCUT2D eigenvalue weighted by Crippen LogP contribution is 2.09. The molecule has 2 nitrogen and oxygen atoms in total. The number of rotatable bonds is 2. The van der Waals surface area contributed by atoms with Crippen LogP contribution in [0.5, 0.6) is 0 Å². The van der Waals surface area contributed by atoms with E-state index < -0.39 is 11.7 Å². The van der Waals surface area contributed by atoms with Crippen molar-refractivity contribution >= 4 is 5.91 Å². The average molecular weight is 205 g/mol. The fraction of sp³-hybridized carbons (Fsp3) is 0.250. The Kier molecular flexibility index (Phi) is 3.87. The summed E-state index contributed by atoms with van der Waals surface area (Å²) in [5.74, 6) is 4.38. The summed E-state index contributed by atoms with van der Waals surface area (Å²) < 4.78 is 13.3. The summed E-state index contributed by atoms with van der Waals surface area (Å²) in [5, 5.41) is 2.51. The minimum atomic E-state index is -0.503. The summed E-state index contributed by atoms with van der Waals surface area (Å²) in [4.78, 5) is 11.4. The SMILES string of the molecule is CC#CCNC(=O)c1ccc(C)cc1F. The molecule has 0 spiro atoms. The van der Waals surface area contributed by atoms with Crippen molar-refractivity contribution in [2.75, 3.05) is 6.54 Å². The number of hydrogen-bond donors (Lipinski definition) is 1. The standard InChI is InChI=1S/C12H12FNO/c1-3-4-7-14-12(15)10-6-5-9(2)8-11(10)13/h5-6,8H,7H2,1-2H3,(H,14,15). The zero-order valence-electron chi connectivity index (χ0n) is 8.73. The molecule has 0 atom stereocenters. The third-order valence-electron chi connectivity index (χ3n) is 1.88. The van der Waals surface area contributed by atoms with Gasteiger partial charge in [-0.1, -0.05) is 12.0 Å². The van der Waals surface area contributed by atoms with Crippen LogP contribution in [0.15, 0.2) is 18.2 Å². The third kappa shape index (κ3) is 3.10. The topological polar surface area (TPSA) is 29.1 Å². The monoisotopic (exact) mass is 205 g/mol. The van der Waals surface area contributed by atoms with Crippen molar-refractivity contribution in [3.8, 4) is 11.8 Å². The van der Waals surface area contributed by atoms with Crippen LogP contribution >= 0.6 is 0 Å². The Morgan fingerprint density at radius 1 is 1.53 bits per heavy atom. The van der Waals surface area contributed by atoms with E-state index in [4.69, 9.17) is 0 Å². The third-order valence-corrected chi connectivity index (χ3v) is 1.88. The molecule has 0 saturated heterocycles. The molecule has 0 saturated carbocycles. The highest BCUT2D eigenvalue weighted by molar-refractivity contribution is 5.94. The van der Waals surface area contributed by atoms with Gasteiger partial charge in [-0.15, -0.1) is 5.92 Å². The van der Waals surface area contributed by atoms with Gasteiger partial charge in [0.2, 0.25) is 0 Å². The Bertz CT molecular complexity index is 429. The van der Waals surface area contributed by atoms with E-state index in [1.165, 1.54) is 12.1 Å². The number of carbonyl (C=O) groups is 1. The predicted molar refractivity (Wildman–Crippen MR) is 56.9 cm³/mol. The van der Waals surface area contributed by atoms with Crippen LogP contribution in [0.1, 0.15) is 22.8 Å². The average Bonchev–Trinajstić information content (AvgIpc) is 2.17. The summed E-state index contributed by atoms with van der Waals surface area (Å²) in [6, 6.07) is 4.50. The van der Waals surface area contributed by atoms with Gasteiger partial charge in [-0.3, -0.25) is 4.79 Å². The molecule has 3 heteroatoms. The van der Waals surface area contributed by atoms with E-state index in [0.717, 1.165) is 5.56 Å². The van der Waals surface area contributed by atoms with Crippen molar-refractivity contribution in [1.29, 1.82) is 0 Å². The lowest BCUT2D eigenvalue weighted by molar-refractivity contribution is 0.0954. The Hall–Kier alpha value is -1.82. The Morgan fingerprint density at radius 2 is 2.27 bits per heavy atom. The van der Waals surface area contributed by atoms with Gasteiger partial charge < -0.3 is 5.32 Å². The molecule has 1 rings (SSSR count). The lowest BCUT2D eigenvalue weighted by Crippen LogP contribution is -2.24. The molecule has 0 heterocycles. The molecule has 1 amide bonds. The molecule has 1 aromatic carbocycles. The molecule has 0 radical (unpaired) electrons. The number of halogens is 1. The van der Waals surface area contributed by atoms with Gasteiger partial charge in [0.25, 0.3) is 5.91 Å². The first-order chi connectivity index (χ1) is 7.15. The van der Waals surface area contributed by atoms with Gasteiger partial charge in [-0.2, -0.15) is 0 Å². The van der Waals surface area contributed by atoms with Crippen LogP contribution in [0, 0.1) is 24.6 Å². The van der Waals surface area contributed by atoms with E-state index in [1.807, 2.05) is 0 Å². The van der Waals surface area contributed by atoms with Crippen molar-refractivity contribution in [2.24, 2.45) is 0 Å². The van der Waals surface area contributed by atoms with Crippen LogP contribution in [0.2, 0.25) is 0 Å². The zero-order valence-corrected chi connectivity index (χ0v) is 8.73. The number of aryl methyl sites for hydroxylation is 1. The molecule has 0 aliphatic heterocycles. The lowest BCUT2D eigenvalue weighted by Gasteiger charge is -2.03. The minimum absolute atomic E-state index is 0.0542. The molecule has 0 unspecified atom stereocenters. The van der Waals surface area contributed by atoms with E-state index >= 15 is 0 Å². The second kappa shape index (κ2) is 5.16. The van der Waals surface area contributed by atoms with Crippen LogP contribution in [-0.4, -0.2) is 12.5 Å². The number of nitrogens with one attached hydrogen (secondary N) is 1. The van der Waals surface area contributed by atoms with Gasteiger partial charge in [-0.05, 0) is 31.5 Å². The maximum absolute atomic E-state index is 13.3. The molecule has 0 aliphatic carbocycles. The Balaban J connectivity index is 2.76. The first-order valence-corrected chi connectivity index (χ1v) is 4.59. The van der Waals surface area contributed by atoms with Crippen LogP contribution in [0.25, 0.3) is 0 Å². The number of hydrogen-bond acceptors (Lipinski definition) is 1. The molecular formula is C12H12FNO. The molecule has 1 N–H and O–H groups in total. The molecule has 0 aliphatic rings. The molecule has 1 aromatic rings. The molecule has 78 valence electrons. The first kappa shape index (κ1) is 11.3.